The number of alkyl halides is 2. The minimum atomic E-state index is -2.69. The second-order valence-electron chi connectivity index (χ2n) is 5.37. The standard InChI is InChI=1S/C16H17F2N5S/c1-22(11-12-5-3-2-4-6-12)9-10-24-14-8-7-13-19-20-16(15(17)18)23(13)21-14/h2-8,15H,9-11H2,1H3. The normalized spacial score (nSPS) is 11.7. The van der Waals surface area contributed by atoms with Gasteiger partial charge in [-0.3, -0.25) is 0 Å². The lowest BCUT2D eigenvalue weighted by Gasteiger charge is -2.16. The van der Waals surface area contributed by atoms with E-state index in [9.17, 15) is 8.78 Å². The lowest BCUT2D eigenvalue weighted by atomic mass is 10.2. The Balaban J connectivity index is 1.56. The van der Waals surface area contributed by atoms with Crippen molar-refractivity contribution in [3.8, 4) is 0 Å². The molecule has 3 rings (SSSR count). The van der Waals surface area contributed by atoms with Crippen LogP contribution in [0.5, 0.6) is 0 Å². The van der Waals surface area contributed by atoms with Gasteiger partial charge in [0.25, 0.3) is 6.43 Å². The van der Waals surface area contributed by atoms with E-state index in [1.807, 2.05) is 18.2 Å². The zero-order valence-electron chi connectivity index (χ0n) is 13.1. The molecule has 8 heteroatoms. The van der Waals surface area contributed by atoms with Crippen molar-refractivity contribution in [2.75, 3.05) is 19.3 Å². The van der Waals surface area contributed by atoms with Gasteiger partial charge in [-0.25, -0.2) is 8.78 Å². The largest absolute Gasteiger partial charge is 0.301 e. The molecule has 2 aromatic heterocycles. The third-order valence-electron chi connectivity index (χ3n) is 3.48. The van der Waals surface area contributed by atoms with Crippen molar-refractivity contribution in [3.05, 3.63) is 53.9 Å². The summed E-state index contributed by atoms with van der Waals surface area (Å²) in [4.78, 5) is 2.21. The molecule has 3 aromatic rings. The molecule has 24 heavy (non-hydrogen) atoms. The van der Waals surface area contributed by atoms with Crippen LogP contribution in [0.3, 0.4) is 0 Å². The fourth-order valence-corrected chi connectivity index (χ4v) is 3.20. The summed E-state index contributed by atoms with van der Waals surface area (Å²) in [5, 5.41) is 12.0. The van der Waals surface area contributed by atoms with Gasteiger partial charge in [0, 0.05) is 18.8 Å². The van der Waals surface area contributed by atoms with Gasteiger partial charge in [0.05, 0.1) is 0 Å². The lowest BCUT2D eigenvalue weighted by molar-refractivity contribution is 0.137. The number of halogens is 2. The zero-order valence-corrected chi connectivity index (χ0v) is 14.0. The van der Waals surface area contributed by atoms with E-state index in [4.69, 9.17) is 0 Å². The SMILES string of the molecule is CN(CCSc1ccc2nnc(C(F)F)n2n1)Cc1ccccc1. The van der Waals surface area contributed by atoms with E-state index >= 15 is 0 Å². The number of aromatic nitrogens is 4. The van der Waals surface area contributed by atoms with Crippen LogP contribution in [-0.2, 0) is 6.54 Å². The third kappa shape index (κ3) is 4.07. The molecule has 1 aromatic carbocycles. The molecule has 0 saturated carbocycles. The van der Waals surface area contributed by atoms with Crippen LogP contribution in [0.15, 0.2) is 47.5 Å². The van der Waals surface area contributed by atoms with Crippen LogP contribution in [0.1, 0.15) is 17.8 Å². The fourth-order valence-electron chi connectivity index (χ4n) is 2.28. The molecule has 0 N–H and O–H groups in total. The van der Waals surface area contributed by atoms with Crippen molar-refractivity contribution in [3.63, 3.8) is 0 Å². The molecule has 0 aliphatic carbocycles. The summed E-state index contributed by atoms with van der Waals surface area (Å²) in [7, 11) is 2.05. The van der Waals surface area contributed by atoms with Crippen molar-refractivity contribution >= 4 is 17.4 Å². The van der Waals surface area contributed by atoms with Crippen LogP contribution in [-0.4, -0.2) is 44.1 Å². The van der Waals surface area contributed by atoms with E-state index in [-0.39, 0.29) is 0 Å². The topological polar surface area (TPSA) is 46.3 Å². The number of thioether (sulfide) groups is 1. The predicted molar refractivity (Wildman–Crippen MR) is 89.2 cm³/mol. The highest BCUT2D eigenvalue weighted by atomic mass is 32.2. The van der Waals surface area contributed by atoms with Gasteiger partial charge >= 0.3 is 0 Å². The summed E-state index contributed by atoms with van der Waals surface area (Å²) >= 11 is 1.52. The molecule has 0 aliphatic rings. The molecule has 5 nitrogen and oxygen atoms in total. The van der Waals surface area contributed by atoms with Crippen LogP contribution in [0.25, 0.3) is 5.65 Å². The number of nitrogens with zero attached hydrogens (tertiary/aromatic N) is 5. The van der Waals surface area contributed by atoms with E-state index in [1.165, 1.54) is 17.3 Å². The van der Waals surface area contributed by atoms with E-state index < -0.39 is 12.2 Å². The Kier molecular flexibility index (Phi) is 5.37. The molecule has 126 valence electrons. The van der Waals surface area contributed by atoms with Crippen molar-refractivity contribution < 1.29 is 8.78 Å². The lowest BCUT2D eigenvalue weighted by Crippen LogP contribution is -2.20. The fraction of sp³-hybridized carbons (Fsp3) is 0.312. The van der Waals surface area contributed by atoms with Crippen LogP contribution in [0.2, 0.25) is 0 Å². The molecular weight excluding hydrogens is 332 g/mol. The van der Waals surface area contributed by atoms with Gasteiger partial charge in [0.1, 0.15) is 5.03 Å². The second kappa shape index (κ2) is 7.67. The van der Waals surface area contributed by atoms with Gasteiger partial charge in [0.2, 0.25) is 5.82 Å². The quantitative estimate of drug-likeness (QED) is 0.613. The molecule has 0 fully saturated rings. The molecule has 0 unspecified atom stereocenters. The molecule has 2 heterocycles. The van der Waals surface area contributed by atoms with Crippen LogP contribution < -0.4 is 0 Å². The number of benzene rings is 1. The number of fused-ring (bicyclic) bond motifs is 1. The maximum atomic E-state index is 12.9. The summed E-state index contributed by atoms with van der Waals surface area (Å²) < 4.78 is 26.8. The highest BCUT2D eigenvalue weighted by Gasteiger charge is 2.17. The molecular formula is C16H17F2N5S. The summed E-state index contributed by atoms with van der Waals surface area (Å²) in [6, 6.07) is 13.7. The van der Waals surface area contributed by atoms with Crippen molar-refractivity contribution in [1.82, 2.24) is 24.7 Å². The zero-order chi connectivity index (χ0) is 16.9. The third-order valence-corrected chi connectivity index (χ3v) is 4.38. The van der Waals surface area contributed by atoms with Gasteiger partial charge in [-0.05, 0) is 24.7 Å². The minimum Gasteiger partial charge on any atom is -0.301 e. The van der Waals surface area contributed by atoms with Gasteiger partial charge in [-0.2, -0.15) is 9.61 Å². The Morgan fingerprint density at radius 3 is 2.67 bits per heavy atom. The first-order chi connectivity index (χ1) is 11.6. The molecule has 0 amide bonds. The number of rotatable bonds is 7. The maximum Gasteiger partial charge on any atom is 0.299 e. The summed E-state index contributed by atoms with van der Waals surface area (Å²) in [5.41, 5.74) is 1.59. The maximum absolute atomic E-state index is 12.9. The first-order valence-electron chi connectivity index (χ1n) is 7.49. The first kappa shape index (κ1) is 16.8. The molecule has 0 saturated heterocycles. The van der Waals surface area contributed by atoms with E-state index in [0.29, 0.717) is 10.7 Å². The van der Waals surface area contributed by atoms with Crippen molar-refractivity contribution in [1.29, 1.82) is 0 Å². The Hall–Kier alpha value is -2.06. The second-order valence-corrected chi connectivity index (χ2v) is 6.49. The van der Waals surface area contributed by atoms with Gasteiger partial charge in [0.15, 0.2) is 5.65 Å². The Morgan fingerprint density at radius 1 is 1.12 bits per heavy atom. The van der Waals surface area contributed by atoms with Gasteiger partial charge in [-0.15, -0.1) is 22.0 Å². The Bertz CT molecular complexity index is 794. The molecule has 0 spiro atoms. The number of hydrogen-bond donors (Lipinski definition) is 0. The van der Waals surface area contributed by atoms with Gasteiger partial charge in [-0.1, -0.05) is 30.3 Å². The van der Waals surface area contributed by atoms with Crippen LogP contribution in [0.4, 0.5) is 8.78 Å². The highest BCUT2D eigenvalue weighted by molar-refractivity contribution is 7.99. The Morgan fingerprint density at radius 2 is 1.92 bits per heavy atom. The highest BCUT2D eigenvalue weighted by Crippen LogP contribution is 2.20. The molecule has 0 bridgehead atoms. The average molecular weight is 349 g/mol. The molecule has 0 radical (unpaired) electrons. The number of hydrogen-bond acceptors (Lipinski definition) is 5. The molecule has 0 aliphatic heterocycles. The van der Waals surface area contributed by atoms with Crippen LogP contribution in [0, 0.1) is 0 Å². The van der Waals surface area contributed by atoms with E-state index in [2.05, 4.69) is 39.4 Å². The average Bonchev–Trinajstić information content (AvgIpc) is 2.99. The van der Waals surface area contributed by atoms with Crippen LogP contribution >= 0.6 is 11.8 Å². The first-order valence-corrected chi connectivity index (χ1v) is 8.48. The summed E-state index contributed by atoms with van der Waals surface area (Å²) in [5.74, 6) is 0.391. The Labute approximate surface area is 142 Å². The summed E-state index contributed by atoms with van der Waals surface area (Å²) in [6.45, 7) is 1.73. The van der Waals surface area contributed by atoms with E-state index in [0.717, 1.165) is 23.4 Å². The van der Waals surface area contributed by atoms with Gasteiger partial charge < -0.3 is 4.90 Å². The monoisotopic (exact) mass is 349 g/mol. The minimum absolute atomic E-state index is 0.329. The van der Waals surface area contributed by atoms with Crippen molar-refractivity contribution in [2.45, 2.75) is 18.0 Å². The van der Waals surface area contributed by atoms with E-state index in [1.54, 1.807) is 12.1 Å². The van der Waals surface area contributed by atoms with Crippen molar-refractivity contribution in [2.24, 2.45) is 0 Å². The molecule has 0 atom stereocenters. The smallest absolute Gasteiger partial charge is 0.299 e. The predicted octanol–water partition coefficient (Wildman–Crippen LogP) is 3.29. The summed E-state index contributed by atoms with van der Waals surface area (Å²) in [6.07, 6.45) is -2.69.